The lowest BCUT2D eigenvalue weighted by atomic mass is 9.92. The summed E-state index contributed by atoms with van der Waals surface area (Å²) in [7, 11) is 3.20. The fraction of sp³-hybridized carbons (Fsp3) is 0.517. The quantitative estimate of drug-likeness (QED) is 0.499. The highest BCUT2D eigenvalue weighted by Gasteiger charge is 2.67. The number of amides is 1. The van der Waals surface area contributed by atoms with Crippen LogP contribution in [0.1, 0.15) is 49.3 Å². The van der Waals surface area contributed by atoms with Gasteiger partial charge >= 0.3 is 0 Å². The van der Waals surface area contributed by atoms with E-state index in [2.05, 4.69) is 17.2 Å². The Balaban J connectivity index is 1.35. The van der Waals surface area contributed by atoms with Gasteiger partial charge in [0.2, 0.25) is 5.91 Å². The number of hydrogen-bond acceptors (Lipinski definition) is 8. The number of carbonyl (C=O) groups excluding carboxylic acids is 1. The first kappa shape index (κ1) is 26.4. The van der Waals surface area contributed by atoms with Gasteiger partial charge in [-0.15, -0.1) is 0 Å². The zero-order valence-electron chi connectivity index (χ0n) is 22.1. The second kappa shape index (κ2) is 10.3. The predicted octanol–water partition coefficient (Wildman–Crippen LogP) is 3.66. The normalized spacial score (nSPS) is 27.6. The Bertz CT molecular complexity index is 1280. The lowest BCUT2D eigenvalue weighted by Crippen LogP contribution is -2.47. The molecule has 1 aromatic heterocycles. The Morgan fingerprint density at radius 2 is 2.03 bits per heavy atom. The van der Waals surface area contributed by atoms with Gasteiger partial charge in [-0.1, -0.05) is 29.8 Å². The van der Waals surface area contributed by atoms with Crippen molar-refractivity contribution in [3.8, 4) is 11.5 Å². The number of pyridine rings is 1. The van der Waals surface area contributed by atoms with Gasteiger partial charge in [0.25, 0.3) is 0 Å². The third-order valence-corrected chi connectivity index (χ3v) is 8.97. The average Bonchev–Trinajstić information content (AvgIpc) is 3.57. The molecule has 2 unspecified atom stereocenters. The summed E-state index contributed by atoms with van der Waals surface area (Å²) in [5.74, 6) is 2.44. The summed E-state index contributed by atoms with van der Waals surface area (Å²) in [5.41, 5.74) is 1.21. The maximum absolute atomic E-state index is 13.7. The van der Waals surface area contributed by atoms with Crippen LogP contribution in [0.15, 0.2) is 42.7 Å². The number of piperidine rings is 1. The molecule has 208 valence electrons. The monoisotopic (exact) mass is 555 g/mol. The minimum Gasteiger partial charge on any atom is -0.493 e. The molecule has 2 N–H and O–H groups in total. The Hall–Kier alpha value is -2.85. The number of aromatic nitrogens is 1. The first-order valence-corrected chi connectivity index (χ1v) is 13.9. The third kappa shape index (κ3) is 4.55. The molecule has 2 fully saturated rings. The van der Waals surface area contributed by atoms with Crippen molar-refractivity contribution in [2.75, 3.05) is 32.2 Å². The molecule has 4 atom stereocenters. The van der Waals surface area contributed by atoms with Crippen LogP contribution in [0.25, 0.3) is 0 Å². The number of nitrogens with zero attached hydrogens (tertiary/aromatic N) is 3. The highest BCUT2D eigenvalue weighted by atomic mass is 35.5. The number of anilines is 1. The molecule has 1 saturated heterocycles. The van der Waals surface area contributed by atoms with Gasteiger partial charge in [-0.25, -0.2) is 4.98 Å². The fourth-order valence-corrected chi connectivity index (χ4v) is 6.88. The van der Waals surface area contributed by atoms with Gasteiger partial charge in [0.05, 0.1) is 37.3 Å². The molecule has 1 saturated carbocycles. The fourth-order valence-electron chi connectivity index (χ4n) is 6.71. The van der Waals surface area contributed by atoms with Crippen molar-refractivity contribution < 1.29 is 29.2 Å². The smallest absolute Gasteiger partial charge is 0.225 e. The molecule has 1 aromatic carbocycles. The van der Waals surface area contributed by atoms with E-state index in [1.165, 1.54) is 0 Å². The number of rotatable bonds is 7. The second-order valence-corrected chi connectivity index (χ2v) is 11.3. The average molecular weight is 556 g/mol. The van der Waals surface area contributed by atoms with Crippen LogP contribution in [0.2, 0.25) is 5.02 Å². The van der Waals surface area contributed by atoms with Crippen molar-refractivity contribution in [1.82, 2.24) is 9.88 Å². The van der Waals surface area contributed by atoms with Crippen molar-refractivity contribution in [3.63, 3.8) is 0 Å². The summed E-state index contributed by atoms with van der Waals surface area (Å²) in [4.78, 5) is 22.5. The lowest BCUT2D eigenvalue weighted by molar-refractivity contribution is -0.137. The largest absolute Gasteiger partial charge is 0.493 e. The Morgan fingerprint density at radius 1 is 1.23 bits per heavy atom. The molecule has 2 aromatic rings. The van der Waals surface area contributed by atoms with Gasteiger partial charge in [0.1, 0.15) is 11.9 Å². The van der Waals surface area contributed by atoms with E-state index >= 15 is 0 Å². The molecule has 0 radical (unpaired) electrons. The summed E-state index contributed by atoms with van der Waals surface area (Å²) < 4.78 is 18.4. The van der Waals surface area contributed by atoms with Crippen molar-refractivity contribution in [3.05, 3.63) is 58.9 Å². The number of fused-ring (bicyclic) bond motifs is 2. The SMILES string of the molecule is COc1cccc([C@H]2O[C@H](CC(=O)N3CCC(CC(O)O)CC3)C34CC3C=CN4c3ncc(Cl)cc32)c1OC. The highest BCUT2D eigenvalue weighted by molar-refractivity contribution is 6.30. The van der Waals surface area contributed by atoms with Gasteiger partial charge in [0, 0.05) is 49.0 Å². The number of para-hydroxylation sites is 1. The van der Waals surface area contributed by atoms with Crippen LogP contribution in [0.5, 0.6) is 11.5 Å². The standard InChI is InChI=1S/C29H34ClN3O6/c1-37-22-5-3-4-20(27(22)38-2)26-21-13-19(30)16-31-28(21)33-11-8-18-15-29(18,33)23(39-26)14-24(34)32-9-6-17(7-10-32)12-25(35)36/h3-5,8,11,13,16-18,23,25-26,35-36H,6-7,9-10,12,14-15H2,1-2H3/t18?,23-,26-,29?/m1/s1. The van der Waals surface area contributed by atoms with Crippen molar-refractivity contribution in [1.29, 1.82) is 0 Å². The molecular formula is C29H34ClN3O6. The number of halogens is 1. The number of aliphatic hydroxyl groups is 2. The number of likely N-dealkylation sites (tertiary alicyclic amines) is 1. The number of aliphatic hydroxyl groups excluding tert-OH is 1. The zero-order chi connectivity index (χ0) is 27.3. The molecule has 39 heavy (non-hydrogen) atoms. The van der Waals surface area contributed by atoms with Crippen LogP contribution in [0.3, 0.4) is 0 Å². The first-order valence-electron chi connectivity index (χ1n) is 13.5. The molecule has 10 heteroatoms. The third-order valence-electron chi connectivity index (χ3n) is 8.76. The van der Waals surface area contributed by atoms with E-state index in [9.17, 15) is 15.0 Å². The topological polar surface area (TPSA) is 105 Å². The Kier molecular flexibility index (Phi) is 6.95. The molecule has 1 aliphatic carbocycles. The highest BCUT2D eigenvalue weighted by Crippen LogP contribution is 2.62. The van der Waals surface area contributed by atoms with Crippen LogP contribution < -0.4 is 14.4 Å². The van der Waals surface area contributed by atoms with Crippen LogP contribution >= 0.6 is 11.6 Å². The van der Waals surface area contributed by atoms with Crippen LogP contribution in [-0.2, 0) is 9.53 Å². The van der Waals surface area contributed by atoms with E-state index in [1.807, 2.05) is 29.2 Å². The van der Waals surface area contributed by atoms with E-state index in [4.69, 9.17) is 30.8 Å². The first-order chi connectivity index (χ1) is 18.8. The maximum Gasteiger partial charge on any atom is 0.225 e. The molecule has 1 amide bonds. The van der Waals surface area contributed by atoms with Crippen LogP contribution in [0.4, 0.5) is 5.82 Å². The van der Waals surface area contributed by atoms with E-state index < -0.39 is 18.5 Å². The van der Waals surface area contributed by atoms with Crippen molar-refractivity contribution in [2.45, 2.75) is 56.1 Å². The molecule has 3 aliphatic heterocycles. The maximum atomic E-state index is 13.7. The molecule has 0 bridgehead atoms. The molecular weight excluding hydrogens is 522 g/mol. The van der Waals surface area contributed by atoms with Gasteiger partial charge < -0.3 is 34.2 Å². The van der Waals surface area contributed by atoms with Gasteiger partial charge in [0.15, 0.2) is 17.8 Å². The second-order valence-electron chi connectivity index (χ2n) is 10.9. The number of methoxy groups -OCH3 is 2. The van der Waals surface area contributed by atoms with E-state index in [-0.39, 0.29) is 29.7 Å². The molecule has 1 spiro atoms. The van der Waals surface area contributed by atoms with Crippen LogP contribution in [0, 0.1) is 11.8 Å². The van der Waals surface area contributed by atoms with Crippen molar-refractivity contribution >= 4 is 23.3 Å². The Labute approximate surface area is 232 Å². The summed E-state index contributed by atoms with van der Waals surface area (Å²) >= 11 is 6.47. The molecule has 9 nitrogen and oxygen atoms in total. The number of ether oxygens (including phenoxy) is 3. The predicted molar refractivity (Wildman–Crippen MR) is 145 cm³/mol. The molecule has 6 rings (SSSR count). The summed E-state index contributed by atoms with van der Waals surface area (Å²) in [6, 6.07) is 7.57. The van der Waals surface area contributed by atoms with Crippen LogP contribution in [-0.4, -0.2) is 71.2 Å². The molecule has 4 heterocycles. The summed E-state index contributed by atoms with van der Waals surface area (Å²) in [6.07, 6.45) is 6.56. The Morgan fingerprint density at radius 3 is 2.72 bits per heavy atom. The summed E-state index contributed by atoms with van der Waals surface area (Å²) in [6.45, 7) is 1.21. The van der Waals surface area contributed by atoms with E-state index in [0.29, 0.717) is 36.0 Å². The van der Waals surface area contributed by atoms with Gasteiger partial charge in [-0.05, 0) is 37.3 Å². The number of benzene rings is 1. The summed E-state index contributed by atoms with van der Waals surface area (Å²) in [5, 5.41) is 19.2. The lowest BCUT2D eigenvalue weighted by Gasteiger charge is -2.36. The van der Waals surface area contributed by atoms with E-state index in [1.54, 1.807) is 20.4 Å². The van der Waals surface area contributed by atoms with Gasteiger partial charge in [-0.2, -0.15) is 0 Å². The van der Waals surface area contributed by atoms with E-state index in [0.717, 1.165) is 36.2 Å². The molecule has 4 aliphatic rings. The zero-order valence-corrected chi connectivity index (χ0v) is 22.9. The number of hydrogen-bond donors (Lipinski definition) is 2. The van der Waals surface area contributed by atoms with Gasteiger partial charge in [-0.3, -0.25) is 4.79 Å². The number of carbonyl (C=O) groups is 1. The minimum atomic E-state index is -1.31. The van der Waals surface area contributed by atoms with Crippen molar-refractivity contribution in [2.24, 2.45) is 11.8 Å². The minimum absolute atomic E-state index is 0.0446.